The van der Waals surface area contributed by atoms with E-state index in [0.717, 1.165) is 13.0 Å². The number of hydrogen-bond acceptors (Lipinski definition) is 6. The van der Waals surface area contributed by atoms with Crippen molar-refractivity contribution in [2.45, 2.75) is 25.5 Å². The Morgan fingerprint density at radius 1 is 1.47 bits per heavy atom. The lowest BCUT2D eigenvalue weighted by atomic mass is 10.1. The minimum atomic E-state index is 0.210. The lowest BCUT2D eigenvalue weighted by Gasteiger charge is -2.16. The molecule has 1 saturated heterocycles. The number of nitrogens with one attached hydrogen (secondary N) is 2. The second-order valence-electron chi connectivity index (χ2n) is 3.55. The number of anilines is 2. The molecule has 1 aliphatic rings. The van der Waals surface area contributed by atoms with Crippen LogP contribution in [0.5, 0.6) is 0 Å². The third-order valence-corrected chi connectivity index (χ3v) is 2.49. The van der Waals surface area contributed by atoms with E-state index in [1.807, 2.05) is 6.92 Å². The topological polar surface area (TPSA) is 85.1 Å². The minimum absolute atomic E-state index is 0.210. The van der Waals surface area contributed by atoms with Crippen molar-refractivity contribution in [2.75, 3.05) is 17.3 Å². The molecule has 2 unspecified atom stereocenters. The van der Waals surface area contributed by atoms with E-state index in [0.29, 0.717) is 17.7 Å². The summed E-state index contributed by atoms with van der Waals surface area (Å²) in [7, 11) is 0. The van der Waals surface area contributed by atoms with Crippen LogP contribution in [0.25, 0.3) is 0 Å². The maximum atomic E-state index is 5.44. The number of nitrogen functional groups attached to an aromatic ring is 1. The molecule has 2 heterocycles. The molecule has 1 aromatic heterocycles. The van der Waals surface area contributed by atoms with Crippen molar-refractivity contribution in [3.8, 4) is 0 Å². The van der Waals surface area contributed by atoms with E-state index in [1.54, 1.807) is 12.4 Å². The molecule has 1 fully saturated rings. The number of nitrogens with two attached hydrogens (primary N) is 1. The van der Waals surface area contributed by atoms with Crippen LogP contribution in [0.3, 0.4) is 0 Å². The first-order valence-electron chi connectivity index (χ1n) is 4.96. The van der Waals surface area contributed by atoms with Gasteiger partial charge in [0, 0.05) is 6.61 Å². The molecule has 0 saturated carbocycles. The van der Waals surface area contributed by atoms with Gasteiger partial charge in [-0.1, -0.05) is 0 Å². The Hall–Kier alpha value is -1.40. The predicted octanol–water partition coefficient (Wildman–Crippen LogP) is 0.351. The molecule has 6 heteroatoms. The lowest BCUT2D eigenvalue weighted by molar-refractivity contribution is 0.121. The van der Waals surface area contributed by atoms with Crippen LogP contribution in [0.2, 0.25) is 0 Å². The first kappa shape index (κ1) is 10.1. The summed E-state index contributed by atoms with van der Waals surface area (Å²) in [5.74, 6) is 6.51. The third-order valence-electron chi connectivity index (χ3n) is 2.49. The second-order valence-corrected chi connectivity index (χ2v) is 3.55. The summed E-state index contributed by atoms with van der Waals surface area (Å²) in [6, 6.07) is 0.298. The van der Waals surface area contributed by atoms with Gasteiger partial charge in [-0.25, -0.2) is 10.8 Å². The first-order chi connectivity index (χ1) is 7.29. The van der Waals surface area contributed by atoms with Gasteiger partial charge in [0.2, 0.25) is 0 Å². The lowest BCUT2D eigenvalue weighted by Crippen LogP contribution is -2.27. The number of rotatable bonds is 3. The number of hydrazine groups is 1. The van der Waals surface area contributed by atoms with Gasteiger partial charge in [0.15, 0.2) is 5.82 Å². The summed E-state index contributed by atoms with van der Waals surface area (Å²) < 4.78 is 5.44. The summed E-state index contributed by atoms with van der Waals surface area (Å²) in [6.45, 7) is 2.84. The Kier molecular flexibility index (Phi) is 2.98. The van der Waals surface area contributed by atoms with Crippen molar-refractivity contribution in [1.82, 2.24) is 9.97 Å². The maximum absolute atomic E-state index is 5.44. The van der Waals surface area contributed by atoms with Gasteiger partial charge in [0.1, 0.15) is 5.82 Å². The molecule has 0 radical (unpaired) electrons. The van der Waals surface area contributed by atoms with Crippen LogP contribution in [-0.2, 0) is 4.74 Å². The van der Waals surface area contributed by atoms with Crippen molar-refractivity contribution in [3.63, 3.8) is 0 Å². The van der Waals surface area contributed by atoms with Crippen molar-refractivity contribution < 1.29 is 4.74 Å². The van der Waals surface area contributed by atoms with Crippen LogP contribution in [-0.4, -0.2) is 28.7 Å². The summed E-state index contributed by atoms with van der Waals surface area (Å²) in [4.78, 5) is 8.24. The molecule has 1 aromatic rings. The molecule has 2 atom stereocenters. The average Bonchev–Trinajstić information content (AvgIpc) is 2.65. The van der Waals surface area contributed by atoms with E-state index in [1.165, 1.54) is 0 Å². The monoisotopic (exact) mass is 209 g/mol. The van der Waals surface area contributed by atoms with E-state index in [2.05, 4.69) is 20.7 Å². The first-order valence-corrected chi connectivity index (χ1v) is 4.96. The maximum Gasteiger partial charge on any atom is 0.160 e. The van der Waals surface area contributed by atoms with Crippen LogP contribution >= 0.6 is 0 Å². The average molecular weight is 209 g/mol. The Bertz CT molecular complexity index is 332. The van der Waals surface area contributed by atoms with Crippen LogP contribution in [0.1, 0.15) is 13.3 Å². The number of aromatic nitrogens is 2. The van der Waals surface area contributed by atoms with Crippen LogP contribution < -0.4 is 16.6 Å². The summed E-state index contributed by atoms with van der Waals surface area (Å²) >= 11 is 0. The van der Waals surface area contributed by atoms with Gasteiger partial charge < -0.3 is 15.5 Å². The molecular weight excluding hydrogens is 194 g/mol. The van der Waals surface area contributed by atoms with Crippen LogP contribution in [0.15, 0.2) is 12.4 Å². The zero-order chi connectivity index (χ0) is 10.7. The summed E-state index contributed by atoms with van der Waals surface area (Å²) in [5, 5.41) is 3.27. The normalized spacial score (nSPS) is 25.2. The molecule has 0 amide bonds. The van der Waals surface area contributed by atoms with Crippen LogP contribution in [0.4, 0.5) is 11.6 Å². The van der Waals surface area contributed by atoms with Crippen molar-refractivity contribution in [2.24, 2.45) is 5.84 Å². The Balaban J connectivity index is 2.03. The molecule has 2 rings (SSSR count). The predicted molar refractivity (Wildman–Crippen MR) is 57.3 cm³/mol. The summed E-state index contributed by atoms with van der Waals surface area (Å²) in [6.07, 6.45) is 4.44. The molecule has 0 aliphatic carbocycles. The second kappa shape index (κ2) is 4.41. The largest absolute Gasteiger partial charge is 0.376 e. The molecule has 82 valence electrons. The van der Waals surface area contributed by atoms with Crippen molar-refractivity contribution in [3.05, 3.63) is 12.4 Å². The van der Waals surface area contributed by atoms with Gasteiger partial charge in [-0.3, -0.25) is 4.98 Å². The van der Waals surface area contributed by atoms with Gasteiger partial charge in [0.05, 0.1) is 24.5 Å². The highest BCUT2D eigenvalue weighted by Gasteiger charge is 2.24. The third kappa shape index (κ3) is 2.34. The number of ether oxygens (including phenoxy) is 1. The highest BCUT2D eigenvalue weighted by Crippen LogP contribution is 2.17. The van der Waals surface area contributed by atoms with Gasteiger partial charge in [-0.05, 0) is 13.3 Å². The Morgan fingerprint density at radius 3 is 2.93 bits per heavy atom. The fourth-order valence-corrected chi connectivity index (χ4v) is 1.62. The minimum Gasteiger partial charge on any atom is -0.376 e. The molecule has 15 heavy (non-hydrogen) atoms. The van der Waals surface area contributed by atoms with Gasteiger partial charge in [-0.2, -0.15) is 0 Å². The number of nitrogens with zero attached hydrogens (tertiary/aromatic N) is 2. The molecule has 0 bridgehead atoms. The summed E-state index contributed by atoms with van der Waals surface area (Å²) in [5.41, 5.74) is 2.46. The Morgan fingerprint density at radius 2 is 2.27 bits per heavy atom. The van der Waals surface area contributed by atoms with E-state index in [9.17, 15) is 0 Å². The zero-order valence-corrected chi connectivity index (χ0v) is 8.60. The standard InChI is InChI=1S/C9H15N5O/c1-6-7(2-3-15-6)12-8-4-11-5-9(13-8)14-10/h4-7H,2-3,10H2,1H3,(H2,12,13,14). The molecule has 4 N–H and O–H groups in total. The van der Waals surface area contributed by atoms with Gasteiger partial charge >= 0.3 is 0 Å². The smallest absolute Gasteiger partial charge is 0.160 e. The molecule has 6 nitrogen and oxygen atoms in total. The molecule has 1 aliphatic heterocycles. The van der Waals surface area contributed by atoms with E-state index < -0.39 is 0 Å². The molecular formula is C9H15N5O. The van der Waals surface area contributed by atoms with Gasteiger partial charge in [-0.15, -0.1) is 0 Å². The highest BCUT2D eigenvalue weighted by molar-refractivity contribution is 5.41. The van der Waals surface area contributed by atoms with Crippen LogP contribution in [0, 0.1) is 0 Å². The number of hydrogen-bond donors (Lipinski definition) is 3. The fourth-order valence-electron chi connectivity index (χ4n) is 1.62. The van der Waals surface area contributed by atoms with Crippen molar-refractivity contribution >= 4 is 11.6 Å². The molecule has 0 aromatic carbocycles. The quantitative estimate of drug-likeness (QED) is 0.492. The van der Waals surface area contributed by atoms with Gasteiger partial charge in [0.25, 0.3) is 0 Å². The fraction of sp³-hybridized carbons (Fsp3) is 0.556. The zero-order valence-electron chi connectivity index (χ0n) is 8.60. The van der Waals surface area contributed by atoms with E-state index in [-0.39, 0.29) is 6.10 Å². The Labute approximate surface area is 88.2 Å². The van der Waals surface area contributed by atoms with E-state index in [4.69, 9.17) is 10.6 Å². The highest BCUT2D eigenvalue weighted by atomic mass is 16.5. The SMILES string of the molecule is CC1OCCC1Nc1cncc(NN)n1. The van der Waals surface area contributed by atoms with Crippen molar-refractivity contribution in [1.29, 1.82) is 0 Å². The van der Waals surface area contributed by atoms with E-state index >= 15 is 0 Å². The molecule has 0 spiro atoms.